The SMILES string of the molecule is CCNC(=NCC(C(C)C)N1CCN(C)CC1)NCC1CCCO1.I. The molecule has 0 saturated carbocycles. The van der Waals surface area contributed by atoms with E-state index in [0.29, 0.717) is 18.1 Å². The molecule has 2 heterocycles. The van der Waals surface area contributed by atoms with Crippen molar-refractivity contribution in [2.24, 2.45) is 10.9 Å². The van der Waals surface area contributed by atoms with Crippen LogP contribution in [0.3, 0.4) is 0 Å². The molecule has 0 bridgehead atoms. The molecule has 0 spiro atoms. The third-order valence-electron chi connectivity index (χ3n) is 5.08. The quantitative estimate of drug-likeness (QED) is 0.339. The average molecular weight is 467 g/mol. The van der Waals surface area contributed by atoms with Crippen molar-refractivity contribution in [2.75, 3.05) is 59.5 Å². The van der Waals surface area contributed by atoms with Gasteiger partial charge in [-0.05, 0) is 32.7 Å². The van der Waals surface area contributed by atoms with Crippen molar-refractivity contribution in [1.82, 2.24) is 20.4 Å². The number of nitrogens with one attached hydrogen (secondary N) is 2. The van der Waals surface area contributed by atoms with E-state index in [1.807, 2.05) is 0 Å². The number of piperazine rings is 1. The lowest BCUT2D eigenvalue weighted by Gasteiger charge is -2.39. The molecule has 2 unspecified atom stereocenters. The number of rotatable bonds is 7. The lowest BCUT2D eigenvalue weighted by Crippen LogP contribution is -2.52. The van der Waals surface area contributed by atoms with Crippen LogP contribution in [0.4, 0.5) is 0 Å². The summed E-state index contributed by atoms with van der Waals surface area (Å²) >= 11 is 0. The summed E-state index contributed by atoms with van der Waals surface area (Å²) < 4.78 is 5.69. The van der Waals surface area contributed by atoms with Gasteiger partial charge in [-0.1, -0.05) is 13.8 Å². The zero-order valence-electron chi connectivity index (χ0n) is 16.5. The number of halogens is 1. The van der Waals surface area contributed by atoms with Crippen molar-refractivity contribution in [3.63, 3.8) is 0 Å². The number of hydrogen-bond acceptors (Lipinski definition) is 4. The van der Waals surface area contributed by atoms with Crippen LogP contribution in [0.15, 0.2) is 4.99 Å². The first-order chi connectivity index (χ1) is 11.6. The lowest BCUT2D eigenvalue weighted by atomic mass is 10.0. The van der Waals surface area contributed by atoms with E-state index in [9.17, 15) is 0 Å². The summed E-state index contributed by atoms with van der Waals surface area (Å²) in [5, 5.41) is 6.82. The Morgan fingerprint density at radius 1 is 1.20 bits per heavy atom. The van der Waals surface area contributed by atoms with Crippen LogP contribution < -0.4 is 10.6 Å². The molecule has 7 heteroatoms. The van der Waals surface area contributed by atoms with Gasteiger partial charge in [-0.15, -0.1) is 24.0 Å². The summed E-state index contributed by atoms with van der Waals surface area (Å²) in [5.41, 5.74) is 0. The Bertz CT molecular complexity index is 380. The maximum Gasteiger partial charge on any atom is 0.191 e. The van der Waals surface area contributed by atoms with Gasteiger partial charge in [0.15, 0.2) is 5.96 Å². The third kappa shape index (κ3) is 7.97. The topological polar surface area (TPSA) is 52.1 Å². The van der Waals surface area contributed by atoms with Gasteiger partial charge in [0.1, 0.15) is 0 Å². The second-order valence-electron chi connectivity index (χ2n) is 7.39. The van der Waals surface area contributed by atoms with E-state index in [0.717, 1.165) is 64.8 Å². The van der Waals surface area contributed by atoms with Crippen LogP contribution in [0.25, 0.3) is 0 Å². The monoisotopic (exact) mass is 467 g/mol. The van der Waals surface area contributed by atoms with E-state index in [1.165, 1.54) is 6.42 Å². The highest BCUT2D eigenvalue weighted by Gasteiger charge is 2.25. The Balaban J connectivity index is 0.00000312. The highest BCUT2D eigenvalue weighted by Crippen LogP contribution is 2.14. The molecule has 2 aliphatic rings. The minimum Gasteiger partial charge on any atom is -0.376 e. The second-order valence-corrected chi connectivity index (χ2v) is 7.39. The molecule has 0 aliphatic carbocycles. The van der Waals surface area contributed by atoms with Gasteiger partial charge in [0.25, 0.3) is 0 Å². The van der Waals surface area contributed by atoms with Gasteiger partial charge in [0, 0.05) is 51.9 Å². The lowest BCUT2D eigenvalue weighted by molar-refractivity contribution is 0.0924. The predicted molar refractivity (Wildman–Crippen MR) is 116 cm³/mol. The molecule has 2 fully saturated rings. The molecule has 6 nitrogen and oxygen atoms in total. The Labute approximate surface area is 171 Å². The van der Waals surface area contributed by atoms with Crippen molar-refractivity contribution in [1.29, 1.82) is 0 Å². The normalized spacial score (nSPS) is 24.2. The second kappa shape index (κ2) is 12.3. The molecular formula is C18H38IN5O. The number of guanidine groups is 1. The van der Waals surface area contributed by atoms with E-state index >= 15 is 0 Å². The molecule has 2 rings (SSSR count). The van der Waals surface area contributed by atoms with Crippen molar-refractivity contribution < 1.29 is 4.74 Å². The summed E-state index contributed by atoms with van der Waals surface area (Å²) in [4.78, 5) is 9.89. The predicted octanol–water partition coefficient (Wildman–Crippen LogP) is 1.61. The third-order valence-corrected chi connectivity index (χ3v) is 5.08. The Morgan fingerprint density at radius 2 is 1.92 bits per heavy atom. The molecule has 0 radical (unpaired) electrons. The number of ether oxygens (including phenoxy) is 1. The van der Waals surface area contributed by atoms with Crippen LogP contribution in [-0.4, -0.2) is 87.4 Å². The van der Waals surface area contributed by atoms with Gasteiger partial charge in [-0.3, -0.25) is 9.89 Å². The average Bonchev–Trinajstić information content (AvgIpc) is 3.07. The molecule has 148 valence electrons. The first kappa shape index (κ1) is 22.9. The van der Waals surface area contributed by atoms with Crippen LogP contribution in [0.2, 0.25) is 0 Å². The van der Waals surface area contributed by atoms with Gasteiger partial charge in [-0.25, -0.2) is 0 Å². The summed E-state index contributed by atoms with van der Waals surface area (Å²) in [6.45, 7) is 14.8. The van der Waals surface area contributed by atoms with Crippen molar-refractivity contribution in [3.8, 4) is 0 Å². The molecule has 25 heavy (non-hydrogen) atoms. The largest absolute Gasteiger partial charge is 0.376 e. The van der Waals surface area contributed by atoms with Crippen molar-refractivity contribution in [3.05, 3.63) is 0 Å². The van der Waals surface area contributed by atoms with Gasteiger partial charge in [0.05, 0.1) is 12.6 Å². The highest BCUT2D eigenvalue weighted by atomic mass is 127. The van der Waals surface area contributed by atoms with Crippen molar-refractivity contribution >= 4 is 29.9 Å². The fourth-order valence-corrected chi connectivity index (χ4v) is 3.44. The van der Waals surface area contributed by atoms with Gasteiger partial charge in [-0.2, -0.15) is 0 Å². The van der Waals surface area contributed by atoms with E-state index < -0.39 is 0 Å². The fourth-order valence-electron chi connectivity index (χ4n) is 3.44. The molecule has 2 saturated heterocycles. The molecule has 0 aromatic heterocycles. The van der Waals surface area contributed by atoms with E-state index in [1.54, 1.807) is 0 Å². The maximum atomic E-state index is 5.69. The molecule has 2 aliphatic heterocycles. The molecular weight excluding hydrogens is 429 g/mol. The minimum absolute atomic E-state index is 0. The van der Waals surface area contributed by atoms with Gasteiger partial charge >= 0.3 is 0 Å². The first-order valence-corrected chi connectivity index (χ1v) is 9.66. The van der Waals surface area contributed by atoms with Crippen LogP contribution >= 0.6 is 24.0 Å². The van der Waals surface area contributed by atoms with Gasteiger partial charge in [0.2, 0.25) is 0 Å². The number of nitrogens with zero attached hydrogens (tertiary/aromatic N) is 3. The standard InChI is InChI=1S/C18H37N5O.HI/c1-5-19-18(20-13-16-7-6-12-24-16)21-14-17(15(2)3)23-10-8-22(4)9-11-23;/h15-17H,5-14H2,1-4H3,(H2,19,20,21);1H. The Hall–Kier alpha value is -0.120. The summed E-state index contributed by atoms with van der Waals surface area (Å²) in [7, 11) is 2.21. The Morgan fingerprint density at radius 3 is 2.48 bits per heavy atom. The molecule has 2 N–H and O–H groups in total. The van der Waals surface area contributed by atoms with E-state index in [-0.39, 0.29) is 24.0 Å². The zero-order chi connectivity index (χ0) is 17.4. The first-order valence-electron chi connectivity index (χ1n) is 9.66. The van der Waals surface area contributed by atoms with Crippen LogP contribution in [0, 0.1) is 5.92 Å². The molecule has 0 aromatic carbocycles. The Kier molecular flexibility index (Phi) is 11.3. The number of hydrogen-bond donors (Lipinski definition) is 2. The fraction of sp³-hybridized carbons (Fsp3) is 0.944. The summed E-state index contributed by atoms with van der Waals surface area (Å²) in [6, 6.07) is 0.511. The van der Waals surface area contributed by atoms with Crippen LogP contribution in [-0.2, 0) is 4.74 Å². The van der Waals surface area contributed by atoms with Crippen molar-refractivity contribution in [2.45, 2.75) is 45.8 Å². The van der Waals surface area contributed by atoms with Crippen LogP contribution in [0.5, 0.6) is 0 Å². The smallest absolute Gasteiger partial charge is 0.191 e. The minimum atomic E-state index is 0. The summed E-state index contributed by atoms with van der Waals surface area (Å²) in [5.74, 6) is 1.53. The van der Waals surface area contributed by atoms with E-state index in [4.69, 9.17) is 9.73 Å². The van der Waals surface area contributed by atoms with Crippen LogP contribution in [0.1, 0.15) is 33.6 Å². The molecule has 0 aromatic rings. The maximum absolute atomic E-state index is 5.69. The summed E-state index contributed by atoms with van der Waals surface area (Å²) in [6.07, 6.45) is 2.67. The molecule has 2 atom stereocenters. The van der Waals surface area contributed by atoms with Gasteiger partial charge < -0.3 is 20.3 Å². The number of aliphatic imine (C=N–C) groups is 1. The van der Waals surface area contributed by atoms with E-state index in [2.05, 4.69) is 48.3 Å². The molecule has 0 amide bonds. The number of likely N-dealkylation sites (N-methyl/N-ethyl adjacent to an activating group) is 1. The highest BCUT2D eigenvalue weighted by molar-refractivity contribution is 14.0. The zero-order valence-corrected chi connectivity index (χ0v) is 18.8.